The maximum Gasteiger partial charge on any atom is 0.0705 e. The second kappa shape index (κ2) is 11.4. The van der Waals surface area contributed by atoms with E-state index in [1.165, 1.54) is 69.3 Å². The number of pyridine rings is 2. The van der Waals surface area contributed by atoms with Gasteiger partial charge in [0.15, 0.2) is 0 Å². The summed E-state index contributed by atoms with van der Waals surface area (Å²) in [6.45, 7) is 7.92. The van der Waals surface area contributed by atoms with Crippen LogP contribution in [0.2, 0.25) is 0 Å². The van der Waals surface area contributed by atoms with Crippen LogP contribution in [0.5, 0.6) is 0 Å². The lowest BCUT2D eigenvalue weighted by Gasteiger charge is -2.08. The average Bonchev–Trinajstić information content (AvgIpc) is 3.41. The number of aryl methyl sites for hydroxylation is 4. The summed E-state index contributed by atoms with van der Waals surface area (Å²) in [5, 5.41) is 12.4. The molecule has 0 saturated heterocycles. The highest BCUT2D eigenvalue weighted by Gasteiger charge is 2.13. The van der Waals surface area contributed by atoms with Gasteiger partial charge in [-0.3, -0.25) is 9.97 Å². The van der Waals surface area contributed by atoms with Gasteiger partial charge in [-0.1, -0.05) is 49.2 Å². The molecule has 4 aromatic heterocycles. The first-order valence-corrected chi connectivity index (χ1v) is 14.6. The molecule has 6 aromatic rings. The summed E-state index contributed by atoms with van der Waals surface area (Å²) in [5.41, 5.74) is 9.44. The largest absolute Gasteiger partial charge is 0.342 e. The van der Waals surface area contributed by atoms with E-state index in [2.05, 4.69) is 108 Å². The third-order valence-electron chi connectivity index (χ3n) is 8.29. The van der Waals surface area contributed by atoms with Crippen LogP contribution in [0.1, 0.15) is 48.5 Å². The van der Waals surface area contributed by atoms with Crippen molar-refractivity contribution in [3.63, 3.8) is 0 Å². The highest BCUT2D eigenvalue weighted by Crippen LogP contribution is 2.31. The van der Waals surface area contributed by atoms with Crippen molar-refractivity contribution in [3.05, 3.63) is 83.4 Å². The Bertz CT molecular complexity index is 1670. The Morgan fingerprint density at radius 2 is 1.00 bits per heavy atom. The summed E-state index contributed by atoms with van der Waals surface area (Å²) in [4.78, 5) is 9.78. The van der Waals surface area contributed by atoms with Gasteiger partial charge in [-0.2, -0.15) is 0 Å². The van der Waals surface area contributed by atoms with Gasteiger partial charge in [0.1, 0.15) is 0 Å². The van der Waals surface area contributed by atoms with E-state index in [0.717, 1.165) is 49.0 Å². The molecule has 2 aromatic carbocycles. The molecule has 0 aliphatic rings. The topological polar surface area (TPSA) is 59.7 Å². The molecule has 6 rings (SSSR count). The zero-order valence-corrected chi connectivity index (χ0v) is 24.2. The number of nitrogens with one attached hydrogen (secondary N) is 2. The fourth-order valence-electron chi connectivity index (χ4n) is 6.41. The minimum absolute atomic E-state index is 0.815. The van der Waals surface area contributed by atoms with Gasteiger partial charge in [0.25, 0.3) is 0 Å². The number of fused-ring (bicyclic) bond motifs is 6. The number of nitrogens with zero attached hydrogens (tertiary/aromatic N) is 4. The minimum Gasteiger partial charge on any atom is -0.342 e. The first-order chi connectivity index (χ1) is 19.5. The Hall–Kier alpha value is -3.74. The molecule has 206 valence electrons. The SMILES string of the molecule is Cc1nc(CNCCCCCCNCc2cc3c4ccccc4n(C)c3c(C)n2)cc2c3ccccc3n(C)c12. The van der Waals surface area contributed by atoms with Crippen LogP contribution in [-0.2, 0) is 27.2 Å². The second-order valence-electron chi connectivity index (χ2n) is 11.1. The second-order valence-corrected chi connectivity index (χ2v) is 11.1. The summed E-state index contributed by atoms with van der Waals surface area (Å²) in [6, 6.07) is 21.8. The van der Waals surface area contributed by atoms with E-state index in [4.69, 9.17) is 9.97 Å². The molecule has 0 unspecified atom stereocenters. The number of rotatable bonds is 11. The zero-order valence-electron chi connectivity index (χ0n) is 24.2. The van der Waals surface area contributed by atoms with E-state index in [0.29, 0.717) is 0 Å². The maximum atomic E-state index is 4.89. The Balaban J connectivity index is 0.928. The van der Waals surface area contributed by atoms with Crippen LogP contribution in [0, 0.1) is 13.8 Å². The fourth-order valence-corrected chi connectivity index (χ4v) is 6.41. The normalized spacial score (nSPS) is 12.0. The van der Waals surface area contributed by atoms with Gasteiger partial charge in [0.05, 0.1) is 33.8 Å². The summed E-state index contributed by atoms with van der Waals surface area (Å²) in [5.74, 6) is 0. The van der Waals surface area contributed by atoms with Crippen molar-refractivity contribution in [1.29, 1.82) is 0 Å². The van der Waals surface area contributed by atoms with Gasteiger partial charge in [-0.25, -0.2) is 0 Å². The van der Waals surface area contributed by atoms with Gasteiger partial charge >= 0.3 is 0 Å². The third kappa shape index (κ3) is 4.98. The van der Waals surface area contributed by atoms with Crippen LogP contribution >= 0.6 is 0 Å². The molecule has 0 radical (unpaired) electrons. The molecule has 0 saturated carbocycles. The predicted octanol–water partition coefficient (Wildman–Crippen LogP) is 6.82. The highest BCUT2D eigenvalue weighted by atomic mass is 15.0. The number of aromatic nitrogens is 4. The highest BCUT2D eigenvalue weighted by molar-refractivity contribution is 6.09. The molecule has 0 fully saturated rings. The number of hydrogen-bond acceptors (Lipinski definition) is 4. The van der Waals surface area contributed by atoms with E-state index in [1.807, 2.05) is 0 Å². The Labute approximate surface area is 236 Å². The lowest BCUT2D eigenvalue weighted by Crippen LogP contribution is -2.17. The standard InChI is InChI=1S/C34H40N6/c1-23-33-29(27-13-7-9-15-31(27)39(33)3)19-25(37-23)21-35-17-11-5-6-12-18-36-22-26-20-30-28-14-8-10-16-32(28)40(4)34(30)24(2)38-26/h7-10,13-16,19-20,35-36H,5-6,11-12,17-18,21-22H2,1-4H3. The Morgan fingerprint density at radius 3 is 1.45 bits per heavy atom. The van der Waals surface area contributed by atoms with Crippen LogP contribution in [0.25, 0.3) is 43.6 Å². The van der Waals surface area contributed by atoms with Crippen LogP contribution in [0.15, 0.2) is 60.7 Å². The van der Waals surface area contributed by atoms with Gasteiger partial charge < -0.3 is 19.8 Å². The third-order valence-corrected chi connectivity index (χ3v) is 8.29. The van der Waals surface area contributed by atoms with Crippen molar-refractivity contribution in [2.45, 2.75) is 52.6 Å². The summed E-state index contributed by atoms with van der Waals surface area (Å²) in [6.07, 6.45) is 4.85. The Kier molecular flexibility index (Phi) is 7.55. The first-order valence-electron chi connectivity index (χ1n) is 14.6. The lowest BCUT2D eigenvalue weighted by atomic mass is 10.1. The van der Waals surface area contributed by atoms with E-state index in [1.54, 1.807) is 0 Å². The summed E-state index contributed by atoms with van der Waals surface area (Å²) >= 11 is 0. The quantitative estimate of drug-likeness (QED) is 0.180. The van der Waals surface area contributed by atoms with Crippen LogP contribution in [0.4, 0.5) is 0 Å². The molecule has 0 aliphatic carbocycles. The van der Waals surface area contributed by atoms with Crippen molar-refractivity contribution in [2.75, 3.05) is 13.1 Å². The van der Waals surface area contributed by atoms with E-state index >= 15 is 0 Å². The zero-order chi connectivity index (χ0) is 27.6. The van der Waals surface area contributed by atoms with Crippen molar-refractivity contribution >= 4 is 43.6 Å². The Morgan fingerprint density at radius 1 is 0.575 bits per heavy atom. The number of para-hydroxylation sites is 2. The molecule has 40 heavy (non-hydrogen) atoms. The number of benzene rings is 2. The molecule has 0 amide bonds. The van der Waals surface area contributed by atoms with Crippen LogP contribution in [-0.4, -0.2) is 32.2 Å². The average molecular weight is 533 g/mol. The van der Waals surface area contributed by atoms with Crippen molar-refractivity contribution in [2.24, 2.45) is 14.1 Å². The molecule has 4 heterocycles. The van der Waals surface area contributed by atoms with E-state index in [9.17, 15) is 0 Å². The lowest BCUT2D eigenvalue weighted by molar-refractivity contribution is 0.559. The smallest absolute Gasteiger partial charge is 0.0705 e. The van der Waals surface area contributed by atoms with Crippen LogP contribution in [0.3, 0.4) is 0 Å². The maximum absolute atomic E-state index is 4.89. The number of unbranched alkanes of at least 4 members (excludes halogenated alkanes) is 3. The molecule has 0 atom stereocenters. The minimum atomic E-state index is 0.815. The van der Waals surface area contributed by atoms with Gasteiger partial charge in [0, 0.05) is 59.8 Å². The molecule has 6 heteroatoms. The first kappa shape index (κ1) is 26.5. The molecule has 2 N–H and O–H groups in total. The predicted molar refractivity (Wildman–Crippen MR) is 168 cm³/mol. The fraction of sp³-hybridized carbons (Fsp3) is 0.353. The van der Waals surface area contributed by atoms with Crippen molar-refractivity contribution in [3.8, 4) is 0 Å². The summed E-state index contributed by atoms with van der Waals surface area (Å²) < 4.78 is 4.53. The van der Waals surface area contributed by atoms with Gasteiger partial charge in [0.2, 0.25) is 0 Å². The van der Waals surface area contributed by atoms with Crippen molar-refractivity contribution in [1.82, 2.24) is 29.7 Å². The van der Waals surface area contributed by atoms with E-state index < -0.39 is 0 Å². The molecular formula is C34H40N6. The molecule has 0 bridgehead atoms. The summed E-state index contributed by atoms with van der Waals surface area (Å²) in [7, 11) is 4.27. The van der Waals surface area contributed by atoms with Crippen LogP contribution < -0.4 is 10.6 Å². The van der Waals surface area contributed by atoms with Gasteiger partial charge in [-0.15, -0.1) is 0 Å². The molecule has 0 spiro atoms. The molecule has 6 nitrogen and oxygen atoms in total. The van der Waals surface area contributed by atoms with E-state index in [-0.39, 0.29) is 0 Å². The monoisotopic (exact) mass is 532 g/mol. The molecule has 0 aliphatic heterocycles. The van der Waals surface area contributed by atoms with Gasteiger partial charge in [-0.05, 0) is 64.0 Å². The number of hydrogen-bond donors (Lipinski definition) is 2. The molecular weight excluding hydrogens is 492 g/mol. The van der Waals surface area contributed by atoms with Crippen molar-refractivity contribution < 1.29 is 0 Å².